The van der Waals surface area contributed by atoms with E-state index in [0.717, 1.165) is 44.6 Å². The molecule has 6 nitrogen and oxygen atoms in total. The van der Waals surface area contributed by atoms with Gasteiger partial charge in [0, 0.05) is 52.0 Å². The summed E-state index contributed by atoms with van der Waals surface area (Å²) in [5, 5.41) is 7.08. The van der Waals surface area contributed by atoms with E-state index in [1.54, 1.807) is 26.1 Å². The van der Waals surface area contributed by atoms with Crippen molar-refractivity contribution in [1.29, 1.82) is 0 Å². The van der Waals surface area contributed by atoms with Crippen LogP contribution in [0.25, 0.3) is 0 Å². The summed E-state index contributed by atoms with van der Waals surface area (Å²) in [6, 6.07) is 0. The number of likely N-dealkylation sites (tertiary alicyclic amines) is 1. The maximum absolute atomic E-state index is 11.9. The lowest BCUT2D eigenvalue weighted by Crippen LogP contribution is -2.49. The lowest BCUT2D eigenvalue weighted by Gasteiger charge is -2.42. The molecule has 0 saturated carbocycles. The SMILES string of the molecule is CO[C@]1(CCC(=O)N(C)C)CCCN(Cc2cn[nH]c2C)C1. The third kappa shape index (κ3) is 4.08. The molecule has 0 aromatic carbocycles. The van der Waals surface area contributed by atoms with Crippen LogP contribution in [0.5, 0.6) is 0 Å². The number of nitrogens with zero attached hydrogens (tertiary/aromatic N) is 3. The number of carbonyl (C=O) groups excluding carboxylic acids is 1. The minimum absolute atomic E-state index is 0.166. The average Bonchev–Trinajstić information content (AvgIpc) is 2.90. The number of rotatable bonds is 6. The van der Waals surface area contributed by atoms with Crippen molar-refractivity contribution in [1.82, 2.24) is 20.0 Å². The molecule has 1 N–H and O–H groups in total. The Kier molecular flexibility index (Phi) is 5.58. The molecular weight excluding hydrogens is 280 g/mol. The van der Waals surface area contributed by atoms with Crippen molar-refractivity contribution in [2.45, 2.75) is 44.8 Å². The second-order valence-electron chi connectivity index (χ2n) is 6.51. The van der Waals surface area contributed by atoms with Crippen molar-refractivity contribution in [3.05, 3.63) is 17.5 Å². The van der Waals surface area contributed by atoms with E-state index in [1.807, 2.05) is 13.1 Å². The molecule has 2 rings (SSSR count). The molecule has 0 bridgehead atoms. The zero-order valence-corrected chi connectivity index (χ0v) is 14.2. The first-order chi connectivity index (χ1) is 10.5. The monoisotopic (exact) mass is 308 g/mol. The minimum Gasteiger partial charge on any atom is -0.377 e. The molecule has 2 heterocycles. The Morgan fingerprint density at radius 2 is 2.32 bits per heavy atom. The summed E-state index contributed by atoms with van der Waals surface area (Å²) in [6.07, 6.45) is 5.33. The van der Waals surface area contributed by atoms with Crippen molar-refractivity contribution >= 4 is 5.91 Å². The van der Waals surface area contributed by atoms with E-state index in [0.29, 0.717) is 6.42 Å². The Bertz CT molecular complexity index is 500. The number of H-pyrrole nitrogens is 1. The number of piperidine rings is 1. The van der Waals surface area contributed by atoms with Crippen LogP contribution in [0.4, 0.5) is 0 Å². The van der Waals surface area contributed by atoms with Gasteiger partial charge in [0.1, 0.15) is 0 Å². The van der Waals surface area contributed by atoms with E-state index in [9.17, 15) is 4.79 Å². The molecule has 0 radical (unpaired) electrons. The lowest BCUT2D eigenvalue weighted by molar-refractivity contribution is -0.131. The highest BCUT2D eigenvalue weighted by molar-refractivity contribution is 5.75. The van der Waals surface area contributed by atoms with Gasteiger partial charge >= 0.3 is 0 Å². The molecule has 1 aliphatic heterocycles. The van der Waals surface area contributed by atoms with Crippen molar-refractivity contribution in [2.24, 2.45) is 0 Å². The molecule has 6 heteroatoms. The number of methoxy groups -OCH3 is 1. The molecule has 1 atom stereocenters. The van der Waals surface area contributed by atoms with Gasteiger partial charge in [0.2, 0.25) is 5.91 Å². The molecule has 0 aliphatic carbocycles. The van der Waals surface area contributed by atoms with E-state index in [-0.39, 0.29) is 11.5 Å². The van der Waals surface area contributed by atoms with Crippen LogP contribution in [0, 0.1) is 6.92 Å². The fourth-order valence-electron chi connectivity index (χ4n) is 3.13. The maximum Gasteiger partial charge on any atom is 0.222 e. The van der Waals surface area contributed by atoms with E-state index >= 15 is 0 Å². The lowest BCUT2D eigenvalue weighted by atomic mass is 9.87. The summed E-state index contributed by atoms with van der Waals surface area (Å²) in [4.78, 5) is 15.9. The molecule has 1 aromatic rings. The van der Waals surface area contributed by atoms with Gasteiger partial charge in [-0.05, 0) is 32.7 Å². The van der Waals surface area contributed by atoms with Gasteiger partial charge in [-0.25, -0.2) is 0 Å². The second kappa shape index (κ2) is 7.24. The summed E-state index contributed by atoms with van der Waals surface area (Å²) in [6.45, 7) is 4.87. The number of nitrogens with one attached hydrogen (secondary N) is 1. The van der Waals surface area contributed by atoms with Crippen LogP contribution in [0.2, 0.25) is 0 Å². The zero-order chi connectivity index (χ0) is 16.2. The Labute approximate surface area is 132 Å². The number of amides is 1. The van der Waals surface area contributed by atoms with Gasteiger partial charge in [0.05, 0.1) is 11.8 Å². The molecule has 0 unspecified atom stereocenters. The largest absolute Gasteiger partial charge is 0.377 e. The van der Waals surface area contributed by atoms with Gasteiger partial charge in [-0.3, -0.25) is 14.8 Å². The highest BCUT2D eigenvalue weighted by atomic mass is 16.5. The van der Waals surface area contributed by atoms with E-state index in [4.69, 9.17) is 4.74 Å². The van der Waals surface area contributed by atoms with Gasteiger partial charge in [0.15, 0.2) is 0 Å². The Balaban J connectivity index is 1.96. The first kappa shape index (κ1) is 17.0. The van der Waals surface area contributed by atoms with Gasteiger partial charge < -0.3 is 9.64 Å². The summed E-state index contributed by atoms with van der Waals surface area (Å²) < 4.78 is 5.85. The predicted octanol–water partition coefficient (Wildman–Crippen LogP) is 1.57. The Morgan fingerprint density at radius 1 is 1.55 bits per heavy atom. The van der Waals surface area contributed by atoms with Gasteiger partial charge in [-0.2, -0.15) is 5.10 Å². The minimum atomic E-state index is -0.207. The fraction of sp³-hybridized carbons (Fsp3) is 0.750. The van der Waals surface area contributed by atoms with Crippen LogP contribution in [0.3, 0.4) is 0 Å². The Morgan fingerprint density at radius 3 is 2.91 bits per heavy atom. The van der Waals surface area contributed by atoms with Gasteiger partial charge in [-0.15, -0.1) is 0 Å². The summed E-state index contributed by atoms with van der Waals surface area (Å²) in [5.74, 6) is 0.166. The summed E-state index contributed by atoms with van der Waals surface area (Å²) >= 11 is 0. The topological polar surface area (TPSA) is 61.5 Å². The van der Waals surface area contributed by atoms with Gasteiger partial charge in [-0.1, -0.05) is 0 Å². The number of aryl methyl sites for hydroxylation is 1. The summed E-state index contributed by atoms with van der Waals surface area (Å²) in [5.41, 5.74) is 2.15. The third-order valence-electron chi connectivity index (χ3n) is 4.67. The van der Waals surface area contributed by atoms with Crippen molar-refractivity contribution in [2.75, 3.05) is 34.3 Å². The van der Waals surface area contributed by atoms with Crippen LogP contribution < -0.4 is 0 Å². The van der Waals surface area contributed by atoms with Crippen LogP contribution in [-0.4, -0.2) is 65.8 Å². The van der Waals surface area contributed by atoms with Crippen LogP contribution in [0.1, 0.15) is 36.9 Å². The molecule has 1 aromatic heterocycles. The number of ether oxygens (including phenoxy) is 1. The number of hydrogen-bond acceptors (Lipinski definition) is 4. The fourth-order valence-corrected chi connectivity index (χ4v) is 3.13. The van der Waals surface area contributed by atoms with Crippen LogP contribution >= 0.6 is 0 Å². The molecule has 22 heavy (non-hydrogen) atoms. The first-order valence-corrected chi connectivity index (χ1v) is 7.92. The molecular formula is C16H28N4O2. The van der Waals surface area contributed by atoms with Crippen LogP contribution in [-0.2, 0) is 16.1 Å². The number of carbonyl (C=O) groups is 1. The van der Waals surface area contributed by atoms with Crippen molar-refractivity contribution in [3.63, 3.8) is 0 Å². The average molecular weight is 308 g/mol. The molecule has 1 fully saturated rings. The normalized spacial score (nSPS) is 22.7. The number of aromatic amines is 1. The third-order valence-corrected chi connectivity index (χ3v) is 4.67. The quantitative estimate of drug-likeness (QED) is 0.866. The smallest absolute Gasteiger partial charge is 0.222 e. The number of hydrogen-bond donors (Lipinski definition) is 1. The molecule has 1 aliphatic rings. The Hall–Kier alpha value is -1.40. The van der Waals surface area contributed by atoms with Crippen molar-refractivity contribution in [3.8, 4) is 0 Å². The van der Waals surface area contributed by atoms with Crippen molar-refractivity contribution < 1.29 is 9.53 Å². The van der Waals surface area contributed by atoms with Gasteiger partial charge in [0.25, 0.3) is 0 Å². The molecule has 1 saturated heterocycles. The maximum atomic E-state index is 11.9. The second-order valence-corrected chi connectivity index (χ2v) is 6.51. The van der Waals surface area contributed by atoms with E-state index in [1.165, 1.54) is 5.56 Å². The molecule has 0 spiro atoms. The predicted molar refractivity (Wildman–Crippen MR) is 85.5 cm³/mol. The molecule has 124 valence electrons. The highest BCUT2D eigenvalue weighted by Gasteiger charge is 2.36. The first-order valence-electron chi connectivity index (χ1n) is 7.92. The molecule has 1 amide bonds. The van der Waals surface area contributed by atoms with Crippen LogP contribution in [0.15, 0.2) is 6.20 Å². The zero-order valence-electron chi connectivity index (χ0n) is 14.2. The summed E-state index contributed by atoms with van der Waals surface area (Å²) in [7, 11) is 5.38. The standard InChI is InChI=1S/C16H28N4O2/c1-13-14(10-17-18-13)11-20-9-5-7-16(12-20,22-4)8-6-15(21)19(2)3/h10H,5-9,11-12H2,1-4H3,(H,17,18)/t16-/m0/s1. The number of aromatic nitrogens is 2. The highest BCUT2D eigenvalue weighted by Crippen LogP contribution is 2.30. The van der Waals surface area contributed by atoms with E-state index < -0.39 is 0 Å². The van der Waals surface area contributed by atoms with E-state index in [2.05, 4.69) is 15.1 Å².